The van der Waals surface area contributed by atoms with Gasteiger partial charge in [-0.25, -0.2) is 9.78 Å². The number of nitrogens with one attached hydrogen (secondary N) is 3. The van der Waals surface area contributed by atoms with Crippen molar-refractivity contribution in [2.45, 2.75) is 25.4 Å². The Hall–Kier alpha value is -4.52. The van der Waals surface area contributed by atoms with Gasteiger partial charge in [-0.1, -0.05) is 41.4 Å². The molecule has 1 saturated heterocycles. The summed E-state index contributed by atoms with van der Waals surface area (Å²) in [5.41, 5.74) is 1.48. The third-order valence-corrected chi connectivity index (χ3v) is 8.07. The largest absolute Gasteiger partial charge is 0.481 e. The van der Waals surface area contributed by atoms with Crippen molar-refractivity contribution in [3.05, 3.63) is 90.8 Å². The molecule has 4 heterocycles. The third kappa shape index (κ3) is 6.23. The van der Waals surface area contributed by atoms with E-state index < -0.39 is 17.2 Å². The molecule has 0 radical (unpaired) electrons. The Labute approximate surface area is 262 Å². The van der Waals surface area contributed by atoms with E-state index in [2.05, 4.69) is 25.9 Å². The molecule has 12 nitrogen and oxygen atoms in total. The number of benzene rings is 1. The van der Waals surface area contributed by atoms with Gasteiger partial charge in [0.15, 0.2) is 0 Å². The highest BCUT2D eigenvalue weighted by atomic mass is 35.5. The number of rotatable bonds is 9. The number of methoxy groups -OCH3 is 1. The van der Waals surface area contributed by atoms with Crippen LogP contribution >= 0.6 is 23.2 Å². The first-order valence-corrected chi connectivity index (χ1v) is 14.4. The molecule has 2 amide bonds. The number of anilines is 1. The molecule has 0 saturated carbocycles. The van der Waals surface area contributed by atoms with Crippen molar-refractivity contribution in [2.24, 2.45) is 14.1 Å². The summed E-state index contributed by atoms with van der Waals surface area (Å²) in [6.45, 7) is 1.13. The monoisotopic (exact) mass is 637 g/mol. The van der Waals surface area contributed by atoms with Crippen LogP contribution in [0, 0.1) is 0 Å². The summed E-state index contributed by atoms with van der Waals surface area (Å²) in [5.74, 6) is -0.237. The van der Waals surface area contributed by atoms with E-state index in [9.17, 15) is 19.2 Å². The van der Waals surface area contributed by atoms with E-state index in [4.69, 9.17) is 27.9 Å². The second-order valence-electron chi connectivity index (χ2n) is 10.2. The van der Waals surface area contributed by atoms with Crippen LogP contribution in [0.2, 0.25) is 10.0 Å². The summed E-state index contributed by atoms with van der Waals surface area (Å²) in [6, 6.07) is 10.5. The van der Waals surface area contributed by atoms with Gasteiger partial charge in [0, 0.05) is 68.7 Å². The van der Waals surface area contributed by atoms with Crippen LogP contribution in [0.3, 0.4) is 0 Å². The molecule has 1 aromatic carbocycles. The van der Waals surface area contributed by atoms with Gasteiger partial charge in [0.05, 0.1) is 34.2 Å². The maximum Gasteiger partial charge on any atom is 0.330 e. The molecular formula is C30H29Cl2N7O5. The predicted octanol–water partition coefficient (Wildman–Crippen LogP) is 3.14. The number of halogens is 2. The second kappa shape index (κ2) is 13.0. The van der Waals surface area contributed by atoms with Gasteiger partial charge in [0.2, 0.25) is 11.8 Å². The average Bonchev–Trinajstić information content (AvgIpc) is 3.44. The Morgan fingerprint density at radius 1 is 1.09 bits per heavy atom. The highest BCUT2D eigenvalue weighted by molar-refractivity contribution is 6.39. The minimum atomic E-state index is -0.734. The standard InChI is InChI=1S/C30H29Cl2N7O5/c1-38-15-20(29(42)39(2)30(38)43)27(41)36-22-6-4-5-19(24(22)31)26-25(32)18(11-12-34-26)21-9-7-16(28(37-21)44-3)13-33-14-17-8-10-23(40)35-17/h4-7,9,11-12,15,17,33H,8,10,13-14H2,1-3H3,(H,35,40)(H,36,41)/t17-/m0/s1. The van der Waals surface area contributed by atoms with Gasteiger partial charge in [-0.05, 0) is 24.6 Å². The minimum Gasteiger partial charge on any atom is -0.481 e. The van der Waals surface area contributed by atoms with E-state index in [-0.39, 0.29) is 33.2 Å². The molecule has 228 valence electrons. The molecule has 0 spiro atoms. The van der Waals surface area contributed by atoms with Crippen LogP contribution in [0.1, 0.15) is 28.8 Å². The Kier molecular flexibility index (Phi) is 9.14. The van der Waals surface area contributed by atoms with Crippen LogP contribution in [0.4, 0.5) is 5.69 Å². The van der Waals surface area contributed by atoms with Crippen LogP contribution in [-0.2, 0) is 25.4 Å². The van der Waals surface area contributed by atoms with Gasteiger partial charge in [0.1, 0.15) is 5.56 Å². The van der Waals surface area contributed by atoms with Crippen molar-refractivity contribution in [3.63, 3.8) is 0 Å². The number of amides is 2. The van der Waals surface area contributed by atoms with E-state index in [0.717, 1.165) is 21.1 Å². The van der Waals surface area contributed by atoms with Crippen molar-refractivity contribution in [2.75, 3.05) is 19.0 Å². The van der Waals surface area contributed by atoms with Gasteiger partial charge < -0.3 is 25.3 Å². The fraction of sp³-hybridized carbons (Fsp3) is 0.267. The third-order valence-electron chi connectivity index (χ3n) is 7.28. The predicted molar refractivity (Wildman–Crippen MR) is 167 cm³/mol. The van der Waals surface area contributed by atoms with Gasteiger partial charge in [0.25, 0.3) is 11.5 Å². The van der Waals surface area contributed by atoms with E-state index in [1.165, 1.54) is 27.4 Å². The quantitative estimate of drug-likeness (QED) is 0.253. The first kappa shape index (κ1) is 30.9. The Morgan fingerprint density at radius 3 is 2.61 bits per heavy atom. The number of nitrogens with zero attached hydrogens (tertiary/aromatic N) is 4. The van der Waals surface area contributed by atoms with Gasteiger partial charge in [-0.2, -0.15) is 0 Å². The highest BCUT2D eigenvalue weighted by Gasteiger charge is 2.22. The Bertz CT molecular complexity index is 1890. The van der Waals surface area contributed by atoms with Crippen molar-refractivity contribution in [1.82, 2.24) is 29.7 Å². The lowest BCUT2D eigenvalue weighted by atomic mass is 10.1. The number of carbonyl (C=O) groups excluding carboxylic acids is 2. The smallest absolute Gasteiger partial charge is 0.330 e. The number of aryl methyl sites for hydroxylation is 1. The van der Waals surface area contributed by atoms with Crippen molar-refractivity contribution < 1.29 is 14.3 Å². The summed E-state index contributed by atoms with van der Waals surface area (Å²) in [7, 11) is 4.28. The zero-order chi connectivity index (χ0) is 31.5. The molecule has 3 aromatic heterocycles. The Morgan fingerprint density at radius 2 is 1.89 bits per heavy atom. The van der Waals surface area contributed by atoms with Crippen LogP contribution in [0.25, 0.3) is 22.5 Å². The summed E-state index contributed by atoms with van der Waals surface area (Å²) < 4.78 is 7.55. The molecule has 0 unspecified atom stereocenters. The van der Waals surface area contributed by atoms with Crippen LogP contribution in [0.5, 0.6) is 5.88 Å². The zero-order valence-corrected chi connectivity index (χ0v) is 25.6. The molecule has 14 heteroatoms. The van der Waals surface area contributed by atoms with Gasteiger partial charge in [-0.15, -0.1) is 0 Å². The molecule has 1 aliphatic heterocycles. The molecule has 0 bridgehead atoms. The van der Waals surface area contributed by atoms with E-state index in [1.54, 1.807) is 30.5 Å². The van der Waals surface area contributed by atoms with Crippen LogP contribution < -0.4 is 31.9 Å². The molecule has 1 fully saturated rings. The summed E-state index contributed by atoms with van der Waals surface area (Å²) in [4.78, 5) is 58.1. The Balaban J connectivity index is 1.40. The number of ether oxygens (including phenoxy) is 1. The topological polar surface area (TPSA) is 149 Å². The molecule has 3 N–H and O–H groups in total. The van der Waals surface area contributed by atoms with Gasteiger partial charge >= 0.3 is 5.69 Å². The van der Waals surface area contributed by atoms with E-state index in [1.807, 2.05) is 12.1 Å². The number of carbonyl (C=O) groups is 2. The SMILES string of the molecule is COc1nc(-c2ccnc(-c3cccc(NC(=O)c4cn(C)c(=O)n(C)c4=O)c3Cl)c2Cl)ccc1CNC[C@@H]1CCC(=O)N1. The molecule has 1 atom stereocenters. The fourth-order valence-corrected chi connectivity index (χ4v) is 5.51. The highest BCUT2D eigenvalue weighted by Crippen LogP contribution is 2.40. The lowest BCUT2D eigenvalue weighted by Crippen LogP contribution is -2.40. The summed E-state index contributed by atoms with van der Waals surface area (Å²) in [6.07, 6.45) is 4.10. The first-order chi connectivity index (χ1) is 21.1. The maximum absolute atomic E-state index is 13.0. The van der Waals surface area contributed by atoms with Gasteiger partial charge in [-0.3, -0.25) is 23.9 Å². The van der Waals surface area contributed by atoms with Crippen molar-refractivity contribution >= 4 is 40.7 Å². The van der Waals surface area contributed by atoms with E-state index >= 15 is 0 Å². The number of hydrogen-bond acceptors (Lipinski definition) is 8. The molecule has 44 heavy (non-hydrogen) atoms. The summed E-state index contributed by atoms with van der Waals surface area (Å²) in [5, 5.41) is 9.35. The normalized spacial score (nSPS) is 14.4. The second-order valence-corrected chi connectivity index (χ2v) is 11.0. The molecular weight excluding hydrogens is 609 g/mol. The first-order valence-electron chi connectivity index (χ1n) is 13.6. The minimum absolute atomic E-state index is 0.0696. The average molecular weight is 639 g/mol. The van der Waals surface area contributed by atoms with Crippen molar-refractivity contribution in [1.29, 1.82) is 0 Å². The van der Waals surface area contributed by atoms with Crippen LogP contribution in [-0.4, -0.2) is 50.6 Å². The van der Waals surface area contributed by atoms with Crippen LogP contribution in [0.15, 0.2) is 58.4 Å². The molecule has 1 aliphatic rings. The summed E-state index contributed by atoms with van der Waals surface area (Å²) >= 11 is 13.6. The molecule has 0 aliphatic carbocycles. The maximum atomic E-state index is 13.0. The number of pyridine rings is 2. The fourth-order valence-electron chi connectivity index (χ4n) is 4.94. The lowest BCUT2D eigenvalue weighted by molar-refractivity contribution is -0.119. The van der Waals surface area contributed by atoms with Crippen molar-refractivity contribution in [3.8, 4) is 28.4 Å². The number of hydrogen-bond donors (Lipinski definition) is 3. The zero-order valence-electron chi connectivity index (χ0n) is 24.1. The number of aromatic nitrogens is 4. The molecule has 5 rings (SSSR count). The van der Waals surface area contributed by atoms with E-state index in [0.29, 0.717) is 47.9 Å². The molecule has 4 aromatic rings. The lowest BCUT2D eigenvalue weighted by Gasteiger charge is -2.15.